The zero-order valence-corrected chi connectivity index (χ0v) is 19.9. The molecule has 1 aliphatic heterocycles. The Kier molecular flexibility index (Phi) is 7.81. The molecule has 2 aromatic carbocycles. The lowest BCUT2D eigenvalue weighted by Gasteiger charge is -2.34. The molecule has 0 radical (unpaired) electrons. The van der Waals surface area contributed by atoms with Crippen LogP contribution in [0.3, 0.4) is 0 Å². The van der Waals surface area contributed by atoms with E-state index in [9.17, 15) is 9.18 Å². The van der Waals surface area contributed by atoms with Gasteiger partial charge in [-0.15, -0.1) is 0 Å². The highest BCUT2D eigenvalue weighted by Gasteiger charge is 2.21. The number of para-hydroxylation sites is 1. The van der Waals surface area contributed by atoms with Crippen molar-refractivity contribution in [2.75, 3.05) is 26.2 Å². The van der Waals surface area contributed by atoms with E-state index in [0.717, 1.165) is 47.8 Å². The van der Waals surface area contributed by atoms with Crippen molar-refractivity contribution in [3.63, 3.8) is 0 Å². The summed E-state index contributed by atoms with van der Waals surface area (Å²) in [4.78, 5) is 15.0. The van der Waals surface area contributed by atoms with E-state index < -0.39 is 0 Å². The van der Waals surface area contributed by atoms with Gasteiger partial charge in [0.05, 0.1) is 6.54 Å². The monoisotopic (exact) mass is 449 g/mol. The summed E-state index contributed by atoms with van der Waals surface area (Å²) < 4.78 is 16.3. The normalized spacial score (nSPS) is 19.1. The van der Waals surface area contributed by atoms with Crippen molar-refractivity contribution in [3.8, 4) is 0 Å². The van der Waals surface area contributed by atoms with Crippen molar-refractivity contribution in [1.82, 2.24) is 14.8 Å². The Morgan fingerprint density at radius 1 is 1.03 bits per heavy atom. The zero-order chi connectivity index (χ0) is 23.2. The van der Waals surface area contributed by atoms with Gasteiger partial charge in [-0.3, -0.25) is 4.79 Å². The molecule has 5 heteroatoms. The minimum absolute atomic E-state index is 0.0984. The molecule has 176 valence electrons. The maximum atomic E-state index is 14.2. The number of carbonyl (C=O) groups excluding carboxylic acids is 1. The number of aromatic nitrogens is 1. The van der Waals surface area contributed by atoms with Crippen LogP contribution in [0.1, 0.15) is 44.2 Å². The van der Waals surface area contributed by atoms with Gasteiger partial charge in [0, 0.05) is 48.7 Å². The predicted octanol–water partition coefficient (Wildman–Crippen LogP) is 5.25. The minimum Gasteiger partial charge on any atom is -0.356 e. The van der Waals surface area contributed by atoms with E-state index >= 15 is 0 Å². The maximum Gasteiger partial charge on any atom is 0.220 e. The van der Waals surface area contributed by atoms with Gasteiger partial charge in [0.25, 0.3) is 0 Å². The molecule has 0 saturated carbocycles. The fourth-order valence-corrected chi connectivity index (χ4v) is 5.30. The number of nitrogens with one attached hydrogen (secondary N) is 1. The number of rotatable bonds is 9. The van der Waals surface area contributed by atoms with Crippen molar-refractivity contribution in [1.29, 1.82) is 0 Å². The number of halogens is 1. The Balaban J connectivity index is 1.29. The highest BCUT2D eigenvalue weighted by Crippen LogP contribution is 2.24. The van der Waals surface area contributed by atoms with E-state index in [-0.39, 0.29) is 11.7 Å². The van der Waals surface area contributed by atoms with Crippen molar-refractivity contribution in [2.45, 2.75) is 46.1 Å². The Labute approximate surface area is 196 Å². The molecule has 3 aromatic rings. The summed E-state index contributed by atoms with van der Waals surface area (Å²) in [7, 11) is 0. The van der Waals surface area contributed by atoms with Gasteiger partial charge in [0.1, 0.15) is 5.82 Å². The number of carbonyl (C=O) groups is 1. The number of amides is 1. The third-order valence-corrected chi connectivity index (χ3v) is 6.71. The molecule has 1 aromatic heterocycles. The van der Waals surface area contributed by atoms with Gasteiger partial charge in [0.15, 0.2) is 0 Å². The number of likely N-dealkylation sites (tertiary alicyclic amines) is 1. The van der Waals surface area contributed by atoms with Gasteiger partial charge in [-0.2, -0.15) is 0 Å². The minimum atomic E-state index is -0.190. The Hall–Kier alpha value is -2.66. The molecule has 1 aliphatic rings. The van der Waals surface area contributed by atoms with Crippen molar-refractivity contribution in [3.05, 3.63) is 71.7 Å². The Morgan fingerprint density at radius 3 is 2.55 bits per heavy atom. The summed E-state index contributed by atoms with van der Waals surface area (Å²) in [6, 6.07) is 15.1. The van der Waals surface area contributed by atoms with Crippen LogP contribution in [0.15, 0.2) is 54.7 Å². The second-order valence-electron chi connectivity index (χ2n) is 9.80. The van der Waals surface area contributed by atoms with E-state index in [1.165, 1.54) is 25.6 Å². The van der Waals surface area contributed by atoms with Crippen LogP contribution in [-0.2, 0) is 17.8 Å². The van der Waals surface area contributed by atoms with Crippen LogP contribution >= 0.6 is 0 Å². The van der Waals surface area contributed by atoms with Gasteiger partial charge >= 0.3 is 0 Å². The van der Waals surface area contributed by atoms with Crippen LogP contribution in [0.2, 0.25) is 0 Å². The summed E-state index contributed by atoms with van der Waals surface area (Å²) in [5.74, 6) is 1.44. The summed E-state index contributed by atoms with van der Waals surface area (Å²) in [5.41, 5.74) is 2.87. The van der Waals surface area contributed by atoms with Crippen LogP contribution < -0.4 is 5.32 Å². The maximum absolute atomic E-state index is 14.2. The highest BCUT2D eigenvalue weighted by molar-refractivity contribution is 5.85. The molecule has 1 fully saturated rings. The van der Waals surface area contributed by atoms with E-state index in [1.807, 2.05) is 24.3 Å². The first-order chi connectivity index (χ1) is 16.0. The van der Waals surface area contributed by atoms with Crippen LogP contribution in [0.25, 0.3) is 10.9 Å². The van der Waals surface area contributed by atoms with Crippen molar-refractivity contribution < 1.29 is 9.18 Å². The molecule has 2 heterocycles. The smallest absolute Gasteiger partial charge is 0.220 e. The van der Waals surface area contributed by atoms with Crippen molar-refractivity contribution >= 4 is 16.8 Å². The largest absolute Gasteiger partial charge is 0.356 e. The second-order valence-corrected chi connectivity index (χ2v) is 9.80. The molecule has 1 amide bonds. The van der Waals surface area contributed by atoms with Crippen LogP contribution in [0.5, 0.6) is 0 Å². The number of aryl methyl sites for hydroxylation is 1. The fraction of sp³-hybridized carbons (Fsp3) is 0.464. The SMILES string of the molecule is C[C@@H]1C[C@H](C)CN(CCCNC(=O)CCc2cn(Cc3ccccc3F)c3ccccc23)C1. The first-order valence-corrected chi connectivity index (χ1v) is 12.3. The molecule has 0 aliphatic carbocycles. The number of hydrogen-bond donors (Lipinski definition) is 1. The average Bonchev–Trinajstić information content (AvgIpc) is 3.14. The highest BCUT2D eigenvalue weighted by atomic mass is 19.1. The zero-order valence-electron chi connectivity index (χ0n) is 19.9. The summed E-state index contributed by atoms with van der Waals surface area (Å²) >= 11 is 0. The molecule has 1 saturated heterocycles. The third kappa shape index (κ3) is 6.23. The first kappa shape index (κ1) is 23.5. The molecule has 4 nitrogen and oxygen atoms in total. The van der Waals surface area contributed by atoms with Crippen LogP contribution in [0.4, 0.5) is 4.39 Å². The quantitative estimate of drug-likeness (QED) is 0.453. The van der Waals surface area contributed by atoms with Gasteiger partial charge < -0.3 is 14.8 Å². The number of benzene rings is 2. The number of nitrogens with zero attached hydrogens (tertiary/aromatic N) is 2. The second kappa shape index (κ2) is 11.0. The molecule has 33 heavy (non-hydrogen) atoms. The van der Waals surface area contributed by atoms with Gasteiger partial charge in [-0.1, -0.05) is 50.2 Å². The summed E-state index contributed by atoms with van der Waals surface area (Å²) in [6.45, 7) is 9.28. The van der Waals surface area contributed by atoms with Crippen LogP contribution in [0, 0.1) is 17.7 Å². The van der Waals surface area contributed by atoms with E-state index in [0.29, 0.717) is 24.9 Å². The molecule has 0 unspecified atom stereocenters. The number of hydrogen-bond acceptors (Lipinski definition) is 2. The standard InChI is InChI=1S/C28H36FN3O/c1-21-16-22(2)18-31(17-21)15-7-14-30-28(33)13-12-23-19-32(27-11-6-4-9-25(23)27)20-24-8-3-5-10-26(24)29/h3-6,8-11,19,21-22H,7,12-18,20H2,1-2H3,(H,30,33)/t21-,22+. The first-order valence-electron chi connectivity index (χ1n) is 12.3. The number of fused-ring (bicyclic) bond motifs is 1. The molecule has 1 N–H and O–H groups in total. The van der Waals surface area contributed by atoms with E-state index in [1.54, 1.807) is 6.07 Å². The topological polar surface area (TPSA) is 37.3 Å². The molecular weight excluding hydrogens is 413 g/mol. The number of piperidine rings is 1. The molecular formula is C28H36FN3O. The lowest BCUT2D eigenvalue weighted by Crippen LogP contribution is -2.40. The molecule has 0 bridgehead atoms. The van der Waals surface area contributed by atoms with Gasteiger partial charge in [-0.05, 0) is 55.3 Å². The fourth-order valence-electron chi connectivity index (χ4n) is 5.30. The van der Waals surface area contributed by atoms with E-state index in [2.05, 4.69) is 47.0 Å². The molecule has 0 spiro atoms. The Bertz CT molecular complexity index is 1070. The summed E-state index contributed by atoms with van der Waals surface area (Å²) in [6.07, 6.45) is 5.53. The predicted molar refractivity (Wildman–Crippen MR) is 133 cm³/mol. The average molecular weight is 450 g/mol. The summed E-state index contributed by atoms with van der Waals surface area (Å²) in [5, 5.41) is 4.23. The van der Waals surface area contributed by atoms with E-state index in [4.69, 9.17) is 0 Å². The van der Waals surface area contributed by atoms with Gasteiger partial charge in [0.2, 0.25) is 5.91 Å². The lowest BCUT2D eigenvalue weighted by molar-refractivity contribution is -0.121. The van der Waals surface area contributed by atoms with Crippen LogP contribution in [-0.4, -0.2) is 41.6 Å². The Morgan fingerprint density at radius 2 is 1.76 bits per heavy atom. The van der Waals surface area contributed by atoms with Gasteiger partial charge in [-0.25, -0.2) is 4.39 Å². The molecule has 4 rings (SSSR count). The van der Waals surface area contributed by atoms with Crippen molar-refractivity contribution in [2.24, 2.45) is 11.8 Å². The molecule has 2 atom stereocenters. The third-order valence-electron chi connectivity index (χ3n) is 6.71. The lowest BCUT2D eigenvalue weighted by atomic mass is 9.92.